The number of aryl methyl sites for hydroxylation is 6. The third-order valence-corrected chi connectivity index (χ3v) is 8.02. The summed E-state index contributed by atoms with van der Waals surface area (Å²) in [5.41, 5.74) is 4.76. The van der Waals surface area contributed by atoms with Gasteiger partial charge in [0.2, 0.25) is 18.2 Å². The van der Waals surface area contributed by atoms with E-state index in [4.69, 9.17) is 11.6 Å². The number of hydrogen-bond acceptors (Lipinski definition) is 3. The summed E-state index contributed by atoms with van der Waals surface area (Å²) in [6, 6.07) is 7.55. The summed E-state index contributed by atoms with van der Waals surface area (Å²) in [7, 11) is -3.86. The average Bonchev–Trinajstić information content (AvgIpc) is 2.57. The maximum atomic E-state index is 14.0. The molecule has 0 saturated carbocycles. The van der Waals surface area contributed by atoms with Gasteiger partial charge in [0.25, 0.3) is 0 Å². The van der Waals surface area contributed by atoms with Crippen LogP contribution in [0.5, 0.6) is 0 Å². The van der Waals surface area contributed by atoms with Crippen LogP contribution >= 0.6 is 18.7 Å². The summed E-state index contributed by atoms with van der Waals surface area (Å²) in [6.45, 7) is 11.2. The fourth-order valence-electron chi connectivity index (χ4n) is 3.97. The Hall–Kier alpha value is -1.70. The Balaban J connectivity index is 2.67. The van der Waals surface area contributed by atoms with Gasteiger partial charge in [-0.1, -0.05) is 35.4 Å². The van der Waals surface area contributed by atoms with Crippen molar-refractivity contribution < 1.29 is 14.2 Å². The number of halogens is 1. The summed E-state index contributed by atoms with van der Waals surface area (Å²) in [4.78, 5) is 27.0. The molecule has 0 aromatic heterocycles. The highest BCUT2D eigenvalue weighted by atomic mass is 35.5. The van der Waals surface area contributed by atoms with E-state index in [1.165, 1.54) is 0 Å². The molecule has 28 heavy (non-hydrogen) atoms. The number of carbonyl (C=O) groups excluding carboxylic acids is 2. The van der Waals surface area contributed by atoms with E-state index in [9.17, 15) is 14.2 Å². The minimum atomic E-state index is -3.86. The minimum absolute atomic E-state index is 0.00627. The van der Waals surface area contributed by atoms with Crippen LogP contribution in [-0.4, -0.2) is 23.1 Å². The first kappa shape index (κ1) is 22.6. The first-order valence-electron chi connectivity index (χ1n) is 9.43. The Morgan fingerprint density at radius 2 is 1.07 bits per heavy atom. The third-order valence-electron chi connectivity index (χ3n) is 5.04. The van der Waals surface area contributed by atoms with Gasteiger partial charge in [-0.3, -0.25) is 9.59 Å². The highest BCUT2D eigenvalue weighted by Gasteiger charge is 2.42. The van der Waals surface area contributed by atoms with Gasteiger partial charge in [-0.05, 0) is 70.2 Å². The molecule has 5 heteroatoms. The molecule has 0 bridgehead atoms. The van der Waals surface area contributed by atoms with E-state index < -0.39 is 18.2 Å². The molecule has 0 atom stereocenters. The molecular weight excluding hydrogens is 391 g/mol. The van der Waals surface area contributed by atoms with Crippen LogP contribution in [0.3, 0.4) is 0 Å². The monoisotopic (exact) mass is 418 g/mol. The van der Waals surface area contributed by atoms with Crippen LogP contribution in [0.1, 0.15) is 60.5 Å². The lowest BCUT2D eigenvalue weighted by Gasteiger charge is -2.20. The summed E-state index contributed by atoms with van der Waals surface area (Å²) in [6.07, 6.45) is 0.345. The predicted octanol–water partition coefficient (Wildman–Crippen LogP) is 6.51. The Bertz CT molecular complexity index is 872. The second kappa shape index (κ2) is 8.76. The van der Waals surface area contributed by atoms with Gasteiger partial charge in [-0.25, -0.2) is 0 Å². The van der Waals surface area contributed by atoms with Gasteiger partial charge in [-0.15, -0.1) is 11.6 Å². The number of benzene rings is 2. The van der Waals surface area contributed by atoms with Crippen molar-refractivity contribution in [1.29, 1.82) is 0 Å². The molecule has 2 aromatic rings. The van der Waals surface area contributed by atoms with Crippen molar-refractivity contribution in [2.24, 2.45) is 0 Å². The lowest BCUT2D eigenvalue weighted by molar-refractivity contribution is 0.103. The minimum Gasteiger partial charge on any atom is -0.307 e. The third kappa shape index (κ3) is 4.31. The molecule has 0 saturated heterocycles. The quantitative estimate of drug-likeness (QED) is 0.380. The van der Waals surface area contributed by atoms with Gasteiger partial charge in [0, 0.05) is 23.2 Å². The predicted molar refractivity (Wildman–Crippen MR) is 118 cm³/mol. The second-order valence-corrected chi connectivity index (χ2v) is 10.8. The van der Waals surface area contributed by atoms with Crippen LogP contribution < -0.4 is 0 Å². The molecule has 0 aliphatic rings. The average molecular weight is 419 g/mol. The van der Waals surface area contributed by atoms with E-state index in [0.29, 0.717) is 17.5 Å². The standard InChI is InChI=1S/C23H28ClO3P/c1-14-10-16(3)20(17(4)11-14)22(25)28(27,9-7-8-24)23(26)21-18(5)12-15(2)13-19(21)6/h10-13H,7-9H2,1-6H3. The van der Waals surface area contributed by atoms with E-state index in [0.717, 1.165) is 33.4 Å². The fourth-order valence-corrected chi connectivity index (χ4v) is 6.92. The molecule has 0 aliphatic heterocycles. The highest BCUT2D eigenvalue weighted by molar-refractivity contribution is 7.95. The normalized spacial score (nSPS) is 11.5. The molecule has 0 aliphatic carbocycles. The lowest BCUT2D eigenvalue weighted by Crippen LogP contribution is -2.17. The molecule has 0 fully saturated rings. The van der Waals surface area contributed by atoms with E-state index in [1.807, 2.05) is 65.8 Å². The summed E-state index contributed by atoms with van der Waals surface area (Å²) in [5.74, 6) is 0.252. The number of rotatable bonds is 7. The van der Waals surface area contributed by atoms with Crippen LogP contribution in [0.25, 0.3) is 0 Å². The van der Waals surface area contributed by atoms with E-state index in [1.54, 1.807) is 0 Å². The van der Waals surface area contributed by atoms with E-state index in [2.05, 4.69) is 0 Å². The van der Waals surface area contributed by atoms with Crippen LogP contribution in [0.4, 0.5) is 0 Å². The van der Waals surface area contributed by atoms with Crippen molar-refractivity contribution in [2.75, 3.05) is 12.0 Å². The molecule has 150 valence electrons. The van der Waals surface area contributed by atoms with Crippen molar-refractivity contribution in [3.63, 3.8) is 0 Å². The molecule has 3 nitrogen and oxygen atoms in total. The Morgan fingerprint density at radius 1 is 0.750 bits per heavy atom. The molecule has 2 aromatic carbocycles. The Morgan fingerprint density at radius 3 is 1.36 bits per heavy atom. The van der Waals surface area contributed by atoms with Gasteiger partial charge in [0.15, 0.2) is 0 Å². The lowest BCUT2D eigenvalue weighted by atomic mass is 10.0. The van der Waals surface area contributed by atoms with Gasteiger partial charge in [0.05, 0.1) is 0 Å². The number of carbonyl (C=O) groups is 2. The van der Waals surface area contributed by atoms with Gasteiger partial charge >= 0.3 is 0 Å². The molecule has 0 spiro atoms. The molecule has 0 radical (unpaired) electrons. The molecule has 0 heterocycles. The first-order chi connectivity index (χ1) is 13.0. The SMILES string of the molecule is Cc1cc(C)c(C(=O)P(=O)(CCCCl)C(=O)c2c(C)cc(C)cc2C)c(C)c1. The van der Waals surface area contributed by atoms with Crippen LogP contribution in [0.15, 0.2) is 24.3 Å². The van der Waals surface area contributed by atoms with Crippen molar-refractivity contribution >= 4 is 29.8 Å². The Kier molecular flexibility index (Phi) is 7.07. The maximum Gasteiger partial charge on any atom is 0.229 e. The zero-order valence-corrected chi connectivity index (χ0v) is 19.1. The van der Waals surface area contributed by atoms with Gasteiger partial charge in [-0.2, -0.15) is 0 Å². The maximum absolute atomic E-state index is 14.0. The number of hydrogen-bond donors (Lipinski definition) is 0. The topological polar surface area (TPSA) is 51.2 Å². The summed E-state index contributed by atoms with van der Waals surface area (Å²) < 4.78 is 14.0. The van der Waals surface area contributed by atoms with Gasteiger partial charge in [0.1, 0.15) is 0 Å². The van der Waals surface area contributed by atoms with Gasteiger partial charge < -0.3 is 4.57 Å². The highest BCUT2D eigenvalue weighted by Crippen LogP contribution is 2.54. The zero-order valence-electron chi connectivity index (χ0n) is 17.5. The first-order valence-corrected chi connectivity index (χ1v) is 11.9. The largest absolute Gasteiger partial charge is 0.307 e. The molecular formula is C23H28ClO3P. The van der Waals surface area contributed by atoms with Crippen LogP contribution in [-0.2, 0) is 4.57 Å². The van der Waals surface area contributed by atoms with Crippen LogP contribution in [0.2, 0.25) is 0 Å². The summed E-state index contributed by atoms with van der Waals surface area (Å²) >= 11 is 5.83. The molecule has 0 amide bonds. The van der Waals surface area contributed by atoms with E-state index >= 15 is 0 Å². The molecule has 0 unspecified atom stereocenters. The molecule has 0 N–H and O–H groups in total. The Labute approximate surface area is 172 Å². The zero-order chi connectivity index (χ0) is 21.2. The smallest absolute Gasteiger partial charge is 0.229 e. The van der Waals surface area contributed by atoms with Crippen molar-refractivity contribution in [1.82, 2.24) is 0 Å². The van der Waals surface area contributed by atoms with E-state index in [-0.39, 0.29) is 12.0 Å². The van der Waals surface area contributed by atoms with Crippen molar-refractivity contribution in [3.05, 3.63) is 68.8 Å². The molecule has 2 rings (SSSR count). The summed E-state index contributed by atoms with van der Waals surface area (Å²) in [5, 5.41) is 0. The second-order valence-electron chi connectivity index (χ2n) is 7.66. The van der Waals surface area contributed by atoms with Crippen LogP contribution in [0, 0.1) is 41.5 Å². The number of alkyl halides is 1. The van der Waals surface area contributed by atoms with Crippen molar-refractivity contribution in [3.8, 4) is 0 Å². The fraction of sp³-hybridized carbons (Fsp3) is 0.391. The van der Waals surface area contributed by atoms with Crippen molar-refractivity contribution in [2.45, 2.75) is 48.0 Å².